The summed E-state index contributed by atoms with van der Waals surface area (Å²) in [7, 11) is 1.57. The molecule has 5 rings (SSSR count). The molecule has 1 aromatic heterocycles. The van der Waals surface area contributed by atoms with Crippen molar-refractivity contribution in [3.63, 3.8) is 0 Å². The summed E-state index contributed by atoms with van der Waals surface area (Å²) in [4.78, 5) is 45.4. The lowest BCUT2D eigenvalue weighted by Gasteiger charge is -2.29. The quantitative estimate of drug-likeness (QED) is 0.531. The fourth-order valence-corrected chi connectivity index (χ4v) is 4.65. The van der Waals surface area contributed by atoms with Crippen molar-refractivity contribution in [2.45, 2.75) is 25.7 Å². The van der Waals surface area contributed by atoms with Crippen molar-refractivity contribution in [1.29, 1.82) is 0 Å². The smallest absolute Gasteiger partial charge is 0.297 e. The van der Waals surface area contributed by atoms with Gasteiger partial charge in [-0.3, -0.25) is 14.4 Å². The largest absolute Gasteiger partial charge is 0.497 e. The van der Waals surface area contributed by atoms with Gasteiger partial charge in [-0.1, -0.05) is 0 Å². The van der Waals surface area contributed by atoms with Gasteiger partial charge in [0.15, 0.2) is 5.69 Å². The van der Waals surface area contributed by atoms with Gasteiger partial charge in [-0.15, -0.1) is 0 Å². The molecule has 1 saturated heterocycles. The summed E-state index contributed by atoms with van der Waals surface area (Å²) in [5, 5.41) is 4.45. The molecule has 0 spiro atoms. The molecule has 0 aliphatic carbocycles. The minimum atomic E-state index is -0.565. The van der Waals surface area contributed by atoms with E-state index in [9.17, 15) is 14.4 Å². The summed E-state index contributed by atoms with van der Waals surface area (Å²) in [5.41, 5.74) is 3.19. The van der Waals surface area contributed by atoms with Crippen LogP contribution < -0.4 is 14.5 Å². The SMILES string of the molecule is C=NC(=O)c1nn(-c2ccc(OC)cc2)c2c1CCN(c1ccc(N3CCCCC3=O)cc1)C2=O. The molecule has 35 heavy (non-hydrogen) atoms. The van der Waals surface area contributed by atoms with Crippen LogP contribution in [0.15, 0.2) is 53.5 Å². The molecule has 2 aliphatic heterocycles. The third-order valence-corrected chi connectivity index (χ3v) is 6.48. The van der Waals surface area contributed by atoms with Crippen LogP contribution in [0, 0.1) is 0 Å². The van der Waals surface area contributed by atoms with Crippen molar-refractivity contribution < 1.29 is 19.1 Å². The Morgan fingerprint density at radius 3 is 2.20 bits per heavy atom. The number of carbonyl (C=O) groups is 3. The lowest BCUT2D eigenvalue weighted by atomic mass is 10.0. The van der Waals surface area contributed by atoms with Gasteiger partial charge in [0.1, 0.15) is 11.4 Å². The Morgan fingerprint density at radius 2 is 1.57 bits per heavy atom. The number of fused-ring (bicyclic) bond motifs is 1. The second-order valence-corrected chi connectivity index (χ2v) is 8.47. The van der Waals surface area contributed by atoms with Crippen molar-refractivity contribution in [1.82, 2.24) is 9.78 Å². The average Bonchev–Trinajstić information content (AvgIpc) is 3.29. The Bertz CT molecular complexity index is 1310. The van der Waals surface area contributed by atoms with Crippen molar-refractivity contribution in [2.75, 3.05) is 30.0 Å². The molecular weight excluding hydrogens is 446 g/mol. The molecule has 3 aromatic rings. The zero-order valence-corrected chi connectivity index (χ0v) is 19.4. The number of aromatic nitrogens is 2. The number of benzene rings is 2. The maximum Gasteiger partial charge on any atom is 0.297 e. The second kappa shape index (κ2) is 9.17. The fourth-order valence-electron chi connectivity index (χ4n) is 4.65. The predicted octanol–water partition coefficient (Wildman–Crippen LogP) is 3.44. The number of hydrogen-bond acceptors (Lipinski definition) is 5. The van der Waals surface area contributed by atoms with Gasteiger partial charge < -0.3 is 14.5 Å². The molecule has 178 valence electrons. The summed E-state index contributed by atoms with van der Waals surface area (Å²) >= 11 is 0. The summed E-state index contributed by atoms with van der Waals surface area (Å²) < 4.78 is 6.72. The number of nitrogens with zero attached hydrogens (tertiary/aromatic N) is 5. The summed E-state index contributed by atoms with van der Waals surface area (Å²) in [6.45, 7) is 4.43. The molecule has 0 bridgehead atoms. The molecule has 0 radical (unpaired) electrons. The van der Waals surface area contributed by atoms with Crippen LogP contribution in [0.3, 0.4) is 0 Å². The van der Waals surface area contributed by atoms with Crippen LogP contribution in [0.2, 0.25) is 0 Å². The van der Waals surface area contributed by atoms with Crippen molar-refractivity contribution in [3.05, 3.63) is 65.5 Å². The van der Waals surface area contributed by atoms with Crippen molar-refractivity contribution in [2.24, 2.45) is 4.99 Å². The molecule has 9 nitrogen and oxygen atoms in total. The molecule has 3 heterocycles. The van der Waals surface area contributed by atoms with Crippen molar-refractivity contribution >= 4 is 35.8 Å². The van der Waals surface area contributed by atoms with Crippen LogP contribution in [-0.4, -0.2) is 54.4 Å². The monoisotopic (exact) mass is 471 g/mol. The standard InChI is InChI=1S/C26H25N5O4/c1-27-25(33)23-21-14-16-30(18-8-6-17(7-9-18)29-15-4-3-5-22(29)32)26(34)24(21)31(28-23)19-10-12-20(35-2)13-11-19/h6-13H,1,3-5,14-16H2,2H3. The fraction of sp³-hybridized carbons (Fsp3) is 0.269. The first-order valence-electron chi connectivity index (χ1n) is 11.5. The Hall–Kier alpha value is -4.27. The van der Waals surface area contributed by atoms with Crippen LogP contribution in [0.25, 0.3) is 5.69 Å². The Morgan fingerprint density at radius 1 is 0.914 bits per heavy atom. The minimum absolute atomic E-state index is 0.124. The molecule has 1 fully saturated rings. The molecule has 2 aromatic carbocycles. The Kier molecular flexibility index (Phi) is 5.90. The van der Waals surface area contributed by atoms with E-state index in [0.29, 0.717) is 54.3 Å². The van der Waals surface area contributed by atoms with E-state index in [1.807, 2.05) is 24.3 Å². The van der Waals surface area contributed by atoms with Gasteiger partial charge in [-0.05, 0) is 74.5 Å². The average molecular weight is 472 g/mol. The molecule has 0 atom stereocenters. The lowest BCUT2D eigenvalue weighted by Crippen LogP contribution is -2.39. The van der Waals surface area contributed by atoms with E-state index in [0.717, 1.165) is 18.5 Å². The van der Waals surface area contributed by atoms with Crippen LogP contribution in [0.1, 0.15) is 45.8 Å². The summed E-state index contributed by atoms with van der Waals surface area (Å²) in [6, 6.07) is 14.5. The molecule has 0 unspecified atom stereocenters. The first-order valence-corrected chi connectivity index (χ1v) is 11.5. The normalized spacial score (nSPS) is 15.7. The zero-order valence-electron chi connectivity index (χ0n) is 19.4. The summed E-state index contributed by atoms with van der Waals surface area (Å²) in [6.07, 6.45) is 2.91. The van der Waals surface area contributed by atoms with Gasteiger partial charge in [0.25, 0.3) is 11.8 Å². The van der Waals surface area contributed by atoms with Gasteiger partial charge in [0.05, 0.1) is 12.8 Å². The third kappa shape index (κ3) is 3.99. The highest BCUT2D eigenvalue weighted by Crippen LogP contribution is 2.31. The predicted molar refractivity (Wildman–Crippen MR) is 132 cm³/mol. The van der Waals surface area contributed by atoms with E-state index in [1.165, 1.54) is 4.68 Å². The number of carbonyl (C=O) groups excluding carboxylic acids is 3. The van der Waals surface area contributed by atoms with Gasteiger partial charge >= 0.3 is 0 Å². The van der Waals surface area contributed by atoms with Crippen molar-refractivity contribution in [3.8, 4) is 11.4 Å². The number of hydrogen-bond donors (Lipinski definition) is 0. The first-order chi connectivity index (χ1) is 17.0. The second-order valence-electron chi connectivity index (χ2n) is 8.47. The number of anilines is 2. The van der Waals surface area contributed by atoms with Crippen LogP contribution in [0.4, 0.5) is 11.4 Å². The lowest BCUT2D eigenvalue weighted by molar-refractivity contribution is -0.119. The van der Waals surface area contributed by atoms with E-state index in [1.54, 1.807) is 41.2 Å². The number of rotatable bonds is 5. The molecular formula is C26H25N5O4. The number of piperidine rings is 1. The maximum atomic E-state index is 13.7. The van der Waals surface area contributed by atoms with E-state index >= 15 is 0 Å². The molecule has 0 N–H and O–H groups in total. The van der Waals surface area contributed by atoms with Crippen LogP contribution in [0.5, 0.6) is 5.75 Å². The van der Waals surface area contributed by atoms with Crippen LogP contribution >= 0.6 is 0 Å². The number of methoxy groups -OCH3 is 1. The first kappa shape index (κ1) is 22.5. The van der Waals surface area contributed by atoms with E-state index in [-0.39, 0.29) is 17.5 Å². The maximum absolute atomic E-state index is 13.7. The zero-order chi connectivity index (χ0) is 24.5. The molecule has 2 aliphatic rings. The minimum Gasteiger partial charge on any atom is -0.497 e. The highest BCUT2D eigenvalue weighted by Gasteiger charge is 2.35. The van der Waals surface area contributed by atoms with Gasteiger partial charge in [0.2, 0.25) is 5.91 Å². The number of amides is 3. The third-order valence-electron chi connectivity index (χ3n) is 6.48. The van der Waals surface area contributed by atoms with E-state index < -0.39 is 5.91 Å². The Labute approximate surface area is 202 Å². The topological polar surface area (TPSA) is 97.1 Å². The molecule has 3 amide bonds. The number of ether oxygens (including phenoxy) is 1. The van der Waals surface area contributed by atoms with Crippen LogP contribution in [-0.2, 0) is 11.2 Å². The van der Waals surface area contributed by atoms with E-state index in [4.69, 9.17) is 4.74 Å². The summed E-state index contributed by atoms with van der Waals surface area (Å²) in [5.74, 6) is -0.0389. The van der Waals surface area contributed by atoms with E-state index in [2.05, 4.69) is 16.8 Å². The molecule has 0 saturated carbocycles. The number of aliphatic imine (C=N–C) groups is 1. The highest BCUT2D eigenvalue weighted by atomic mass is 16.5. The van der Waals surface area contributed by atoms with Gasteiger partial charge in [-0.25, -0.2) is 9.67 Å². The van der Waals surface area contributed by atoms with Gasteiger partial charge in [0, 0.05) is 36.4 Å². The Balaban J connectivity index is 1.50. The highest BCUT2D eigenvalue weighted by molar-refractivity contribution is 6.10. The molecule has 9 heteroatoms. The van der Waals surface area contributed by atoms with Gasteiger partial charge in [-0.2, -0.15) is 5.10 Å².